The third-order valence-corrected chi connectivity index (χ3v) is 11.3. The predicted octanol–water partition coefficient (Wildman–Crippen LogP) is 8.96. The largest absolute Gasteiger partial charge is 0.496 e. The van der Waals surface area contributed by atoms with Crippen LogP contribution < -0.4 is 29.6 Å². The highest BCUT2D eigenvalue weighted by Gasteiger charge is 2.23. The summed E-state index contributed by atoms with van der Waals surface area (Å²) in [6.45, 7) is 9.07. The van der Waals surface area contributed by atoms with Crippen LogP contribution in [0.2, 0.25) is 0 Å². The van der Waals surface area contributed by atoms with Gasteiger partial charge in [0.1, 0.15) is 17.2 Å². The summed E-state index contributed by atoms with van der Waals surface area (Å²) in [5, 5.41) is 7.30. The van der Waals surface area contributed by atoms with Gasteiger partial charge in [0.15, 0.2) is 11.5 Å². The minimum atomic E-state index is -3.64. The molecular weight excluding hydrogens is 775 g/mol. The maximum Gasteiger partial charge on any atom is 0.323 e. The Morgan fingerprint density at radius 1 is 0.845 bits per heavy atom. The van der Waals surface area contributed by atoms with Crippen molar-refractivity contribution in [1.29, 1.82) is 0 Å². The zero-order chi connectivity index (χ0) is 41.5. The normalized spacial score (nSPS) is 13.5. The molecule has 306 valence electrons. The van der Waals surface area contributed by atoms with E-state index in [1.807, 2.05) is 81.1 Å². The summed E-state index contributed by atoms with van der Waals surface area (Å²) < 4.78 is 44.5. The molecule has 6 rings (SSSR count). The standard InChI is InChI=1S/C44H51N5O7S2/c1-44(2,3)30-26-37(42(55-5)38(27-30)48-58(6,52)53)47-43(51)46-36-15-16-40(34-11-8-7-10-33(34)36)56-32-17-18-45-31(28-32)24-29-13-14-35(41(25-29)54-4)39(50)12-9-19-49-20-22-57-23-21-49/h7-8,10-11,13-18,25-28,48H,9,12,19-24H2,1-6H3,(H2,46,47,51). The number of hydrogen-bond donors (Lipinski definition) is 3. The van der Waals surface area contributed by atoms with Crippen molar-refractivity contribution in [3.05, 3.63) is 107 Å². The highest BCUT2D eigenvalue weighted by atomic mass is 32.2. The molecule has 2 amide bonds. The summed E-state index contributed by atoms with van der Waals surface area (Å²) in [4.78, 5) is 33.7. The first-order chi connectivity index (χ1) is 27.7. The van der Waals surface area contributed by atoms with Gasteiger partial charge in [0, 0.05) is 66.2 Å². The number of methoxy groups -OCH3 is 2. The third-order valence-electron chi connectivity index (χ3n) is 9.78. The number of pyridine rings is 1. The molecule has 1 saturated heterocycles. The van der Waals surface area contributed by atoms with Crippen LogP contribution in [0.25, 0.3) is 10.8 Å². The number of aromatic nitrogens is 1. The quantitative estimate of drug-likeness (QED) is 0.0874. The van der Waals surface area contributed by atoms with Crippen LogP contribution in [0.15, 0.2) is 85.1 Å². The van der Waals surface area contributed by atoms with Crippen LogP contribution in [0.3, 0.4) is 0 Å². The Balaban J connectivity index is 1.15. The maximum atomic E-state index is 13.5. The number of carbonyl (C=O) groups excluding carboxylic acids is 2. The van der Waals surface area contributed by atoms with E-state index in [2.05, 4.69) is 25.2 Å². The lowest BCUT2D eigenvalue weighted by atomic mass is 9.86. The van der Waals surface area contributed by atoms with Gasteiger partial charge in [-0.1, -0.05) is 51.1 Å². The molecule has 0 atom stereocenters. The van der Waals surface area contributed by atoms with E-state index in [1.54, 1.807) is 43.6 Å². The van der Waals surface area contributed by atoms with Gasteiger partial charge in [-0.2, -0.15) is 11.8 Å². The van der Waals surface area contributed by atoms with Gasteiger partial charge < -0.3 is 29.7 Å². The third kappa shape index (κ3) is 11.0. The highest BCUT2D eigenvalue weighted by molar-refractivity contribution is 7.99. The number of ketones is 1. The number of hydrogen-bond acceptors (Lipinski definition) is 10. The number of Topliss-reactive ketones (excluding diaryl/α,β-unsaturated/α-hetero) is 1. The fourth-order valence-corrected chi connectivity index (χ4v) is 8.38. The summed E-state index contributed by atoms with van der Waals surface area (Å²) >= 11 is 1.98. The van der Waals surface area contributed by atoms with Gasteiger partial charge in [-0.05, 0) is 72.0 Å². The molecule has 0 bridgehead atoms. The van der Waals surface area contributed by atoms with E-state index in [4.69, 9.17) is 14.2 Å². The summed E-state index contributed by atoms with van der Waals surface area (Å²) in [5.41, 5.74) is 3.81. The smallest absolute Gasteiger partial charge is 0.323 e. The van der Waals surface area contributed by atoms with E-state index >= 15 is 0 Å². The number of benzene rings is 4. The van der Waals surface area contributed by atoms with Crippen molar-refractivity contribution >= 4 is 61.4 Å². The molecule has 0 saturated carbocycles. The van der Waals surface area contributed by atoms with E-state index < -0.39 is 16.1 Å². The molecule has 0 spiro atoms. The van der Waals surface area contributed by atoms with Gasteiger partial charge in [-0.3, -0.25) is 14.5 Å². The zero-order valence-corrected chi connectivity index (χ0v) is 35.4. The summed E-state index contributed by atoms with van der Waals surface area (Å²) in [7, 11) is -0.634. The van der Waals surface area contributed by atoms with Gasteiger partial charge in [-0.15, -0.1) is 0 Å². The lowest BCUT2D eigenvalue weighted by Gasteiger charge is -2.25. The van der Waals surface area contributed by atoms with Crippen LogP contribution in [-0.2, 0) is 21.9 Å². The Labute approximate surface area is 345 Å². The Bertz CT molecular complexity index is 2390. The number of nitrogens with one attached hydrogen (secondary N) is 3. The van der Waals surface area contributed by atoms with Gasteiger partial charge in [0.05, 0.1) is 43.1 Å². The molecule has 12 nitrogen and oxygen atoms in total. The Morgan fingerprint density at radius 2 is 1.57 bits per heavy atom. The van der Waals surface area contributed by atoms with Crippen LogP contribution in [0.4, 0.5) is 21.9 Å². The Kier molecular flexibility index (Phi) is 13.5. The number of thioether (sulfide) groups is 1. The molecule has 1 aliphatic rings. The van der Waals surface area contributed by atoms with E-state index in [-0.39, 0.29) is 22.6 Å². The number of anilines is 3. The lowest BCUT2D eigenvalue weighted by molar-refractivity contribution is 0.0972. The number of fused-ring (bicyclic) bond motifs is 1. The fourth-order valence-electron chi connectivity index (χ4n) is 6.85. The average Bonchev–Trinajstić information content (AvgIpc) is 3.18. The molecular formula is C44H51N5O7S2. The van der Waals surface area contributed by atoms with Crippen LogP contribution in [0.1, 0.15) is 60.8 Å². The van der Waals surface area contributed by atoms with Crippen molar-refractivity contribution in [1.82, 2.24) is 9.88 Å². The van der Waals surface area contributed by atoms with E-state index in [1.165, 1.54) is 7.11 Å². The Hall–Kier alpha value is -5.31. The topological polar surface area (TPSA) is 148 Å². The Morgan fingerprint density at radius 3 is 2.28 bits per heavy atom. The van der Waals surface area contributed by atoms with Crippen molar-refractivity contribution in [2.24, 2.45) is 0 Å². The number of carbonyl (C=O) groups is 2. The molecule has 3 N–H and O–H groups in total. The molecule has 0 unspecified atom stereocenters. The van der Waals surface area contributed by atoms with E-state index in [0.29, 0.717) is 47.0 Å². The van der Waals surface area contributed by atoms with Crippen molar-refractivity contribution in [2.75, 3.05) is 67.0 Å². The lowest BCUT2D eigenvalue weighted by Crippen LogP contribution is -2.33. The number of ether oxygens (including phenoxy) is 3. The number of urea groups is 1. The zero-order valence-electron chi connectivity index (χ0n) is 33.8. The summed E-state index contributed by atoms with van der Waals surface area (Å²) in [6, 6.07) is 23.4. The second-order valence-corrected chi connectivity index (χ2v) is 18.2. The minimum absolute atomic E-state index is 0.0848. The van der Waals surface area contributed by atoms with Crippen LogP contribution >= 0.6 is 11.8 Å². The molecule has 1 aromatic heterocycles. The van der Waals surface area contributed by atoms with Crippen molar-refractivity contribution in [3.8, 4) is 23.0 Å². The van der Waals surface area contributed by atoms with Gasteiger partial charge >= 0.3 is 6.03 Å². The molecule has 0 radical (unpaired) electrons. The maximum absolute atomic E-state index is 13.5. The first-order valence-electron chi connectivity index (χ1n) is 19.1. The predicted molar refractivity (Wildman–Crippen MR) is 234 cm³/mol. The molecule has 0 aliphatic carbocycles. The van der Waals surface area contributed by atoms with Crippen LogP contribution in [-0.4, -0.2) is 81.7 Å². The average molecular weight is 826 g/mol. The molecule has 58 heavy (non-hydrogen) atoms. The molecule has 5 aromatic rings. The molecule has 1 fully saturated rings. The number of nitrogens with zero attached hydrogens (tertiary/aromatic N) is 2. The van der Waals surface area contributed by atoms with Crippen LogP contribution in [0, 0.1) is 0 Å². The summed E-state index contributed by atoms with van der Waals surface area (Å²) in [6.07, 6.45) is 4.56. The van der Waals surface area contributed by atoms with Crippen molar-refractivity contribution in [3.63, 3.8) is 0 Å². The van der Waals surface area contributed by atoms with Gasteiger partial charge in [0.25, 0.3) is 0 Å². The molecule has 2 heterocycles. The van der Waals surface area contributed by atoms with E-state index in [9.17, 15) is 18.0 Å². The minimum Gasteiger partial charge on any atom is -0.496 e. The second-order valence-electron chi connectivity index (χ2n) is 15.2. The second kappa shape index (κ2) is 18.5. The fraction of sp³-hybridized carbons (Fsp3) is 0.341. The number of amides is 2. The van der Waals surface area contributed by atoms with Crippen molar-refractivity contribution in [2.45, 2.75) is 45.4 Å². The first kappa shape index (κ1) is 42.3. The first-order valence-corrected chi connectivity index (χ1v) is 22.2. The number of rotatable bonds is 15. The number of sulfonamides is 1. The van der Waals surface area contributed by atoms with Gasteiger partial charge in [-0.25, -0.2) is 13.2 Å². The highest BCUT2D eigenvalue weighted by Crippen LogP contribution is 2.40. The molecule has 14 heteroatoms. The van der Waals surface area contributed by atoms with Crippen molar-refractivity contribution < 1.29 is 32.2 Å². The molecule has 4 aromatic carbocycles. The SMILES string of the molecule is COc1cc(Cc2cc(Oc3ccc(NC(=O)Nc4cc(C(C)(C)C)cc(NS(C)(=O)=O)c4OC)c4ccccc34)ccn2)ccc1C(=O)CCCN1CCSCC1. The molecule has 1 aliphatic heterocycles. The monoisotopic (exact) mass is 825 g/mol. The van der Waals surface area contributed by atoms with E-state index in [0.717, 1.165) is 71.4 Å². The van der Waals surface area contributed by atoms with Crippen LogP contribution in [0.5, 0.6) is 23.0 Å². The van der Waals surface area contributed by atoms with Gasteiger partial charge in [0.2, 0.25) is 10.0 Å². The summed E-state index contributed by atoms with van der Waals surface area (Å²) in [5.74, 6) is 4.30.